The average Bonchev–Trinajstić information content (AvgIpc) is 3.14. The highest BCUT2D eigenvalue weighted by molar-refractivity contribution is 9.10. The molecule has 3 amide bonds. The summed E-state index contributed by atoms with van der Waals surface area (Å²) >= 11 is 3.60. The zero-order valence-electron chi connectivity index (χ0n) is 24.2. The SMILES string of the molecule is CNC(C)(C(N)=O)[C@@H]1CN(C(=O)c2ccc(F)cc2)c2cc(C#N)ccc2N(Cc2c(OC)ccc3c(Br)cccc23)C1=O. The van der Waals surface area contributed by atoms with Crippen LogP contribution < -0.4 is 25.6 Å². The number of amides is 3. The zero-order valence-corrected chi connectivity index (χ0v) is 25.8. The Kier molecular flexibility index (Phi) is 8.41. The van der Waals surface area contributed by atoms with E-state index in [2.05, 4.69) is 27.3 Å². The molecule has 0 aliphatic carbocycles. The maximum Gasteiger partial charge on any atom is 0.258 e. The molecule has 0 spiro atoms. The molecule has 0 fully saturated rings. The number of rotatable bonds is 7. The molecule has 2 atom stereocenters. The van der Waals surface area contributed by atoms with Gasteiger partial charge in [-0.25, -0.2) is 4.39 Å². The van der Waals surface area contributed by atoms with E-state index < -0.39 is 35.0 Å². The fraction of sp³-hybridized carbons (Fsp3) is 0.212. The monoisotopic (exact) mass is 657 g/mol. The summed E-state index contributed by atoms with van der Waals surface area (Å²) < 4.78 is 20.4. The summed E-state index contributed by atoms with van der Waals surface area (Å²) in [6.45, 7) is 1.26. The number of nitrogens with zero attached hydrogens (tertiary/aromatic N) is 3. The second kappa shape index (κ2) is 12.1. The van der Waals surface area contributed by atoms with Crippen LogP contribution in [0.5, 0.6) is 5.75 Å². The zero-order chi connectivity index (χ0) is 31.8. The summed E-state index contributed by atoms with van der Waals surface area (Å²) in [5, 5.41) is 14.4. The first-order chi connectivity index (χ1) is 21.0. The Labute approximate surface area is 262 Å². The van der Waals surface area contributed by atoms with E-state index in [1.807, 2.05) is 30.3 Å². The highest BCUT2D eigenvalue weighted by Gasteiger charge is 2.49. The number of primary amides is 1. The first-order valence-corrected chi connectivity index (χ1v) is 14.5. The van der Waals surface area contributed by atoms with E-state index in [1.165, 1.54) is 61.2 Å². The van der Waals surface area contributed by atoms with Gasteiger partial charge >= 0.3 is 0 Å². The van der Waals surface area contributed by atoms with Crippen LogP contribution in [0.15, 0.2) is 77.3 Å². The number of carbonyl (C=O) groups is 3. The van der Waals surface area contributed by atoms with Crippen molar-refractivity contribution in [3.8, 4) is 11.8 Å². The Bertz CT molecular complexity index is 1840. The molecule has 44 heavy (non-hydrogen) atoms. The van der Waals surface area contributed by atoms with Crippen LogP contribution in [0.4, 0.5) is 15.8 Å². The summed E-state index contributed by atoms with van der Waals surface area (Å²) in [7, 11) is 3.06. The number of anilines is 2. The van der Waals surface area contributed by atoms with E-state index in [1.54, 1.807) is 12.1 Å². The molecular weight excluding hydrogens is 629 g/mol. The Hall–Kier alpha value is -4.79. The van der Waals surface area contributed by atoms with E-state index in [4.69, 9.17) is 10.5 Å². The van der Waals surface area contributed by atoms with Crippen LogP contribution in [0.1, 0.15) is 28.4 Å². The number of halogens is 2. The number of methoxy groups -OCH3 is 1. The molecular formula is C33H29BrFN5O4. The second-order valence-corrected chi connectivity index (χ2v) is 11.5. The van der Waals surface area contributed by atoms with Crippen LogP contribution in [0, 0.1) is 23.1 Å². The normalized spacial score (nSPS) is 16.1. The molecule has 0 bridgehead atoms. The number of nitrogens with two attached hydrogens (primary N) is 1. The van der Waals surface area contributed by atoms with Gasteiger partial charge in [-0.1, -0.05) is 28.1 Å². The van der Waals surface area contributed by atoms with Crippen molar-refractivity contribution in [3.05, 3.63) is 99.8 Å². The Morgan fingerprint density at radius 2 is 1.84 bits per heavy atom. The third kappa shape index (κ3) is 5.27. The van der Waals surface area contributed by atoms with Crippen LogP contribution in [-0.2, 0) is 16.1 Å². The van der Waals surface area contributed by atoms with E-state index in [0.717, 1.165) is 15.2 Å². The topological polar surface area (TPSA) is 129 Å². The van der Waals surface area contributed by atoms with Gasteiger partial charge in [0.15, 0.2) is 0 Å². The van der Waals surface area contributed by atoms with Crippen molar-refractivity contribution in [2.75, 3.05) is 30.5 Å². The Balaban J connectivity index is 1.78. The lowest BCUT2D eigenvalue weighted by molar-refractivity contribution is -0.133. The summed E-state index contributed by atoms with van der Waals surface area (Å²) in [5.41, 5.74) is 6.01. The van der Waals surface area contributed by atoms with Gasteiger partial charge in [-0.05, 0) is 85.4 Å². The number of likely N-dealkylation sites (N-methyl/N-ethyl adjacent to an activating group) is 1. The molecule has 11 heteroatoms. The minimum Gasteiger partial charge on any atom is -0.496 e. The molecule has 4 aromatic rings. The molecule has 0 saturated carbocycles. The molecule has 0 radical (unpaired) electrons. The van der Waals surface area contributed by atoms with Crippen LogP contribution in [0.25, 0.3) is 10.8 Å². The van der Waals surface area contributed by atoms with Gasteiger partial charge in [0.1, 0.15) is 17.1 Å². The van der Waals surface area contributed by atoms with Gasteiger partial charge in [-0.15, -0.1) is 0 Å². The van der Waals surface area contributed by atoms with Crippen LogP contribution in [0.2, 0.25) is 0 Å². The predicted octanol–water partition coefficient (Wildman–Crippen LogP) is 4.89. The van der Waals surface area contributed by atoms with Gasteiger partial charge in [0.25, 0.3) is 5.91 Å². The summed E-state index contributed by atoms with van der Waals surface area (Å²) in [4.78, 5) is 44.5. The number of hydrogen-bond donors (Lipinski definition) is 2. The van der Waals surface area contributed by atoms with Crippen molar-refractivity contribution in [3.63, 3.8) is 0 Å². The molecule has 3 N–H and O–H groups in total. The average molecular weight is 659 g/mol. The number of fused-ring (bicyclic) bond motifs is 2. The molecule has 1 aliphatic rings. The maximum absolute atomic E-state index is 14.7. The smallest absolute Gasteiger partial charge is 0.258 e. The largest absolute Gasteiger partial charge is 0.496 e. The van der Waals surface area contributed by atoms with Crippen LogP contribution in [0.3, 0.4) is 0 Å². The summed E-state index contributed by atoms with van der Waals surface area (Å²) in [6.07, 6.45) is 0. The van der Waals surface area contributed by atoms with Crippen molar-refractivity contribution in [2.45, 2.75) is 19.0 Å². The lowest BCUT2D eigenvalue weighted by Crippen LogP contribution is -2.63. The number of nitrogens with one attached hydrogen (secondary N) is 1. The van der Waals surface area contributed by atoms with Gasteiger partial charge in [-0.3, -0.25) is 14.4 Å². The molecule has 5 rings (SSSR count). The highest BCUT2D eigenvalue weighted by atomic mass is 79.9. The molecule has 0 saturated heterocycles. The highest BCUT2D eigenvalue weighted by Crippen LogP contribution is 2.41. The second-order valence-electron chi connectivity index (χ2n) is 10.6. The van der Waals surface area contributed by atoms with Gasteiger partial charge in [0, 0.05) is 22.1 Å². The molecule has 1 aliphatic heterocycles. The number of carbonyl (C=O) groups excluding carboxylic acids is 3. The van der Waals surface area contributed by atoms with Crippen molar-refractivity contribution in [2.24, 2.45) is 11.7 Å². The Morgan fingerprint density at radius 1 is 1.11 bits per heavy atom. The molecule has 224 valence electrons. The van der Waals surface area contributed by atoms with E-state index in [-0.39, 0.29) is 29.9 Å². The van der Waals surface area contributed by atoms with Crippen LogP contribution >= 0.6 is 15.9 Å². The van der Waals surface area contributed by atoms with Crippen molar-refractivity contribution >= 4 is 55.8 Å². The lowest BCUT2D eigenvalue weighted by Gasteiger charge is -2.36. The molecule has 1 heterocycles. The minimum atomic E-state index is -1.58. The number of benzene rings is 4. The lowest BCUT2D eigenvalue weighted by atomic mass is 9.83. The predicted molar refractivity (Wildman–Crippen MR) is 169 cm³/mol. The van der Waals surface area contributed by atoms with Gasteiger partial charge in [-0.2, -0.15) is 5.26 Å². The number of nitriles is 1. The van der Waals surface area contributed by atoms with Gasteiger partial charge in [0.2, 0.25) is 11.8 Å². The van der Waals surface area contributed by atoms with Crippen LogP contribution in [-0.4, -0.2) is 44.0 Å². The fourth-order valence-electron chi connectivity index (χ4n) is 5.58. The summed E-state index contributed by atoms with van der Waals surface area (Å²) in [5.74, 6) is -2.96. The number of hydrogen-bond acceptors (Lipinski definition) is 6. The van der Waals surface area contributed by atoms with Crippen molar-refractivity contribution < 1.29 is 23.5 Å². The van der Waals surface area contributed by atoms with E-state index >= 15 is 0 Å². The number of ether oxygens (including phenoxy) is 1. The minimum absolute atomic E-state index is 0.00232. The summed E-state index contributed by atoms with van der Waals surface area (Å²) in [6, 6.07) is 21.2. The maximum atomic E-state index is 14.7. The molecule has 0 aromatic heterocycles. The van der Waals surface area contributed by atoms with Crippen molar-refractivity contribution in [1.82, 2.24) is 5.32 Å². The van der Waals surface area contributed by atoms with E-state index in [9.17, 15) is 24.0 Å². The standard InChI is InChI=1S/C33H29BrFN5O4/c1-33(38-2,32(37)43)25-18-40(30(41)20-8-10-21(35)11-9-20)28-15-19(16-36)7-13-27(28)39(31(25)42)17-24-22-5-4-6-26(34)23(22)12-14-29(24)44-3/h4-15,25,38H,17-18H2,1-3H3,(H2,37,43)/t25-,33?/m1/s1. The van der Waals surface area contributed by atoms with E-state index in [0.29, 0.717) is 17.0 Å². The third-order valence-corrected chi connectivity index (χ3v) is 8.98. The first kappa shape index (κ1) is 30.7. The van der Waals surface area contributed by atoms with Crippen molar-refractivity contribution in [1.29, 1.82) is 5.26 Å². The Morgan fingerprint density at radius 3 is 2.48 bits per heavy atom. The van der Waals surface area contributed by atoms with Gasteiger partial charge in [0.05, 0.1) is 42.6 Å². The third-order valence-electron chi connectivity index (χ3n) is 8.29. The molecule has 9 nitrogen and oxygen atoms in total. The fourth-order valence-corrected chi connectivity index (χ4v) is 6.08. The molecule has 4 aromatic carbocycles. The van der Waals surface area contributed by atoms with Gasteiger partial charge < -0.3 is 25.6 Å². The quantitative estimate of drug-likeness (QED) is 0.291. The molecule has 1 unspecified atom stereocenters. The first-order valence-electron chi connectivity index (χ1n) is 13.7.